The third kappa shape index (κ3) is 2.90. The summed E-state index contributed by atoms with van der Waals surface area (Å²) < 4.78 is 14.3. The van der Waals surface area contributed by atoms with Crippen LogP contribution in [0.2, 0.25) is 5.02 Å². The van der Waals surface area contributed by atoms with Crippen molar-refractivity contribution >= 4 is 29.2 Å². The van der Waals surface area contributed by atoms with Crippen LogP contribution >= 0.6 is 11.6 Å². The van der Waals surface area contributed by atoms with Crippen molar-refractivity contribution in [2.45, 2.75) is 6.04 Å². The molecule has 0 N–H and O–H groups in total. The van der Waals surface area contributed by atoms with Gasteiger partial charge in [0.25, 0.3) is 5.97 Å². The molecular formula is C18H14ClFN2O. The highest BCUT2D eigenvalue weighted by Crippen LogP contribution is 2.38. The van der Waals surface area contributed by atoms with Crippen molar-refractivity contribution in [3.8, 4) is 0 Å². The van der Waals surface area contributed by atoms with Gasteiger partial charge in [-0.3, -0.25) is 4.79 Å². The summed E-state index contributed by atoms with van der Waals surface area (Å²) in [6, 6.07) is 13.7. The highest BCUT2D eigenvalue weighted by atomic mass is 35.5. The number of anilines is 1. The van der Waals surface area contributed by atoms with Crippen molar-refractivity contribution in [3.05, 3.63) is 77.3 Å². The van der Waals surface area contributed by atoms with Crippen LogP contribution in [0.1, 0.15) is 17.2 Å². The maximum absolute atomic E-state index is 14.3. The van der Waals surface area contributed by atoms with E-state index in [0.29, 0.717) is 16.3 Å². The Morgan fingerprint density at radius 2 is 2.00 bits per heavy atom. The number of fused-ring (bicyclic) bond motifs is 1. The Morgan fingerprint density at radius 1 is 1.26 bits per heavy atom. The third-order valence-electron chi connectivity index (χ3n) is 3.67. The molecule has 0 fully saturated rings. The average Bonchev–Trinajstić information content (AvgIpc) is 2.66. The van der Waals surface area contributed by atoms with E-state index in [4.69, 9.17) is 11.6 Å². The monoisotopic (exact) mass is 328 g/mol. The summed E-state index contributed by atoms with van der Waals surface area (Å²) >= 11 is 6.11. The fourth-order valence-electron chi connectivity index (χ4n) is 2.65. The molecule has 23 heavy (non-hydrogen) atoms. The molecule has 0 aliphatic carbocycles. The van der Waals surface area contributed by atoms with Crippen molar-refractivity contribution < 1.29 is 9.18 Å². The second-order valence-electron chi connectivity index (χ2n) is 5.14. The Labute approximate surface area is 138 Å². The van der Waals surface area contributed by atoms with E-state index in [1.165, 1.54) is 4.90 Å². The summed E-state index contributed by atoms with van der Waals surface area (Å²) in [4.78, 5) is 17.6. The minimum Gasteiger partial charge on any atom is -0.301 e. The number of halogens is 2. The Balaban J connectivity index is 2.24. The first-order valence-electron chi connectivity index (χ1n) is 7.12. The van der Waals surface area contributed by atoms with Gasteiger partial charge in [0.2, 0.25) is 0 Å². The molecule has 1 unspecified atom stereocenters. The first kappa shape index (κ1) is 15.4. The van der Waals surface area contributed by atoms with E-state index in [2.05, 4.69) is 11.6 Å². The van der Waals surface area contributed by atoms with Crippen molar-refractivity contribution in [3.63, 3.8) is 0 Å². The van der Waals surface area contributed by atoms with Gasteiger partial charge in [0, 0.05) is 17.1 Å². The number of benzene rings is 2. The van der Waals surface area contributed by atoms with E-state index in [-0.39, 0.29) is 6.54 Å². The van der Waals surface area contributed by atoms with Crippen LogP contribution in [-0.4, -0.2) is 18.4 Å². The molecule has 0 aromatic heterocycles. The smallest absolute Gasteiger partial charge is 0.301 e. The summed E-state index contributed by atoms with van der Waals surface area (Å²) in [7, 11) is 0. The summed E-state index contributed by atoms with van der Waals surface area (Å²) in [5, 5.41) is 0.508. The molecule has 1 atom stereocenters. The van der Waals surface area contributed by atoms with Crippen LogP contribution in [0, 0.1) is 0 Å². The normalized spacial score (nSPS) is 17.3. The molecule has 2 aromatic rings. The molecule has 3 nitrogen and oxygen atoms in total. The van der Waals surface area contributed by atoms with E-state index >= 15 is 0 Å². The van der Waals surface area contributed by atoms with Gasteiger partial charge in [-0.2, -0.15) is 4.39 Å². The highest BCUT2D eigenvalue weighted by Gasteiger charge is 2.31. The predicted molar refractivity (Wildman–Crippen MR) is 90.8 cm³/mol. The van der Waals surface area contributed by atoms with Crippen molar-refractivity contribution in [2.75, 3.05) is 11.4 Å². The number of hydrogen-bond donors (Lipinski definition) is 0. The van der Waals surface area contributed by atoms with Crippen LogP contribution in [0.5, 0.6) is 0 Å². The van der Waals surface area contributed by atoms with Gasteiger partial charge < -0.3 is 4.90 Å². The van der Waals surface area contributed by atoms with Gasteiger partial charge in [0.15, 0.2) is 0 Å². The first-order chi connectivity index (χ1) is 11.1. The van der Waals surface area contributed by atoms with Gasteiger partial charge in [-0.15, -0.1) is 6.58 Å². The van der Waals surface area contributed by atoms with Crippen LogP contribution in [0.25, 0.3) is 0 Å². The maximum atomic E-state index is 14.3. The molecule has 1 heterocycles. The van der Waals surface area contributed by atoms with Gasteiger partial charge in [-0.05, 0) is 23.8 Å². The lowest BCUT2D eigenvalue weighted by molar-refractivity contribution is -0.113. The molecule has 5 heteroatoms. The van der Waals surface area contributed by atoms with E-state index in [9.17, 15) is 9.18 Å². The Kier molecular flexibility index (Phi) is 4.26. The number of nitrogens with zero attached hydrogens (tertiary/aromatic N) is 2. The summed E-state index contributed by atoms with van der Waals surface area (Å²) in [6.07, 6.45) is 1.55. The molecule has 0 bridgehead atoms. The molecule has 1 aliphatic rings. The lowest BCUT2D eigenvalue weighted by atomic mass is 9.97. The summed E-state index contributed by atoms with van der Waals surface area (Å²) in [6.45, 7) is 3.82. The summed E-state index contributed by atoms with van der Waals surface area (Å²) in [5.74, 6) is -1.79. The minimum atomic E-state index is -1.02. The lowest BCUT2D eigenvalue weighted by Gasteiger charge is -2.22. The predicted octanol–water partition coefficient (Wildman–Crippen LogP) is 4.33. The quantitative estimate of drug-likeness (QED) is 0.772. The highest BCUT2D eigenvalue weighted by molar-refractivity contribution is 6.40. The molecule has 0 radical (unpaired) electrons. The fourth-order valence-corrected chi connectivity index (χ4v) is 2.83. The van der Waals surface area contributed by atoms with Crippen LogP contribution in [-0.2, 0) is 4.79 Å². The molecule has 116 valence electrons. The van der Waals surface area contributed by atoms with Gasteiger partial charge >= 0.3 is 5.91 Å². The second kappa shape index (κ2) is 6.34. The molecule has 3 rings (SSSR count). The average molecular weight is 329 g/mol. The van der Waals surface area contributed by atoms with Crippen LogP contribution in [0.15, 0.2) is 66.2 Å². The number of carbonyl (C=O) groups is 1. The lowest BCUT2D eigenvalue weighted by Crippen LogP contribution is -2.34. The Bertz CT molecular complexity index is 789. The number of carbonyl (C=O) groups excluding carboxylic acids is 1. The first-order valence-corrected chi connectivity index (χ1v) is 7.50. The van der Waals surface area contributed by atoms with E-state index in [1.807, 2.05) is 30.3 Å². The fraction of sp³-hybridized carbons (Fsp3) is 0.111. The number of hydrogen-bond acceptors (Lipinski definition) is 2. The second-order valence-corrected chi connectivity index (χ2v) is 5.58. The largest absolute Gasteiger partial charge is 0.306 e. The van der Waals surface area contributed by atoms with E-state index in [0.717, 1.165) is 5.56 Å². The van der Waals surface area contributed by atoms with Gasteiger partial charge in [-0.1, -0.05) is 48.0 Å². The number of aliphatic imine (C=N–C) groups is 1. The third-order valence-corrected chi connectivity index (χ3v) is 3.90. The molecule has 0 saturated heterocycles. The van der Waals surface area contributed by atoms with Crippen LogP contribution in [0.3, 0.4) is 0 Å². The minimum absolute atomic E-state index is 0.192. The molecule has 0 spiro atoms. The van der Waals surface area contributed by atoms with Gasteiger partial charge in [-0.25, -0.2) is 4.99 Å². The Morgan fingerprint density at radius 3 is 2.70 bits per heavy atom. The molecule has 0 saturated carbocycles. The topological polar surface area (TPSA) is 32.7 Å². The number of amides is 1. The SMILES string of the molecule is C=CCN1C(=O)C(F)=NC(c2ccccc2)c2cc(Cl)ccc21. The zero-order valence-electron chi connectivity index (χ0n) is 12.2. The zero-order valence-corrected chi connectivity index (χ0v) is 13.0. The maximum Gasteiger partial charge on any atom is 0.306 e. The number of rotatable bonds is 3. The van der Waals surface area contributed by atoms with E-state index < -0.39 is 17.9 Å². The molecule has 1 amide bonds. The van der Waals surface area contributed by atoms with Crippen LogP contribution in [0.4, 0.5) is 10.1 Å². The van der Waals surface area contributed by atoms with Crippen molar-refractivity contribution in [1.82, 2.24) is 0 Å². The van der Waals surface area contributed by atoms with Crippen LogP contribution < -0.4 is 4.90 Å². The van der Waals surface area contributed by atoms with Crippen molar-refractivity contribution in [2.24, 2.45) is 4.99 Å². The van der Waals surface area contributed by atoms with Crippen molar-refractivity contribution in [1.29, 1.82) is 0 Å². The Hall–Kier alpha value is -2.46. The van der Waals surface area contributed by atoms with E-state index in [1.54, 1.807) is 24.3 Å². The standard InChI is InChI=1S/C18H14ClFN2O/c1-2-10-22-15-9-8-13(19)11-14(15)16(21-17(20)18(22)23)12-6-4-3-5-7-12/h2-9,11,16H,1,10H2. The summed E-state index contributed by atoms with van der Waals surface area (Å²) in [5.41, 5.74) is 2.07. The zero-order chi connectivity index (χ0) is 16.4. The molecule has 1 aliphatic heterocycles. The van der Waals surface area contributed by atoms with Gasteiger partial charge in [0.05, 0.1) is 5.69 Å². The molecule has 2 aromatic carbocycles. The van der Waals surface area contributed by atoms with Gasteiger partial charge in [0.1, 0.15) is 6.04 Å². The molecular weight excluding hydrogens is 315 g/mol.